The number of rotatable bonds is 0. The van der Waals surface area contributed by atoms with Crippen molar-refractivity contribution in [2.24, 2.45) is 0 Å². The van der Waals surface area contributed by atoms with Crippen LogP contribution in [0.25, 0.3) is 0 Å². The molecule has 8 heavy (non-hydrogen) atoms. The summed E-state index contributed by atoms with van der Waals surface area (Å²) in [6.07, 6.45) is 0.425. The Hall–Kier alpha value is 0.210. The van der Waals surface area contributed by atoms with Gasteiger partial charge in [0, 0.05) is 13.1 Å². The molecule has 1 rings (SSSR count). The second kappa shape index (κ2) is 4.13. The maximum Gasteiger partial charge on any atom is 0.0672 e. The lowest BCUT2D eigenvalue weighted by Gasteiger charge is -2.18. The Labute approximate surface area is 56.0 Å². The number of hydrogen-bond donors (Lipinski definition) is 1. The fraction of sp³-hybridized carbons (Fsp3) is 1.00. The Bertz CT molecular complexity index is 54.4. The SMILES string of the molecule is C[C@H]1CNCCO1.Cl. The highest BCUT2D eigenvalue weighted by molar-refractivity contribution is 5.85. The Morgan fingerprint density at radius 3 is 2.62 bits per heavy atom. The van der Waals surface area contributed by atoms with Crippen LogP contribution in [0.3, 0.4) is 0 Å². The van der Waals surface area contributed by atoms with Crippen LogP contribution in [-0.2, 0) is 4.74 Å². The second-order valence-corrected chi connectivity index (χ2v) is 1.89. The first-order valence-corrected chi connectivity index (χ1v) is 2.72. The van der Waals surface area contributed by atoms with Gasteiger partial charge in [-0.1, -0.05) is 0 Å². The molecule has 0 aromatic heterocycles. The lowest BCUT2D eigenvalue weighted by Crippen LogP contribution is -2.36. The third kappa shape index (κ3) is 2.50. The molecular formula is C5H12ClNO. The van der Waals surface area contributed by atoms with Gasteiger partial charge in [-0.2, -0.15) is 0 Å². The molecule has 0 saturated carbocycles. The van der Waals surface area contributed by atoms with Crippen LogP contribution in [0.4, 0.5) is 0 Å². The maximum absolute atomic E-state index is 5.22. The molecule has 1 saturated heterocycles. The van der Waals surface area contributed by atoms with Crippen molar-refractivity contribution in [3.8, 4) is 0 Å². The van der Waals surface area contributed by atoms with Crippen molar-refractivity contribution < 1.29 is 4.74 Å². The highest BCUT2D eigenvalue weighted by atomic mass is 35.5. The summed E-state index contributed by atoms with van der Waals surface area (Å²) < 4.78 is 5.22. The van der Waals surface area contributed by atoms with Gasteiger partial charge in [-0.05, 0) is 6.92 Å². The minimum absolute atomic E-state index is 0. The molecule has 0 aromatic rings. The quantitative estimate of drug-likeness (QED) is 0.523. The van der Waals surface area contributed by atoms with Crippen LogP contribution in [0.1, 0.15) is 6.92 Å². The number of nitrogens with one attached hydrogen (secondary N) is 1. The van der Waals surface area contributed by atoms with Gasteiger partial charge in [-0.3, -0.25) is 0 Å². The number of hydrogen-bond acceptors (Lipinski definition) is 2. The summed E-state index contributed by atoms with van der Waals surface area (Å²) in [7, 11) is 0. The normalized spacial score (nSPS) is 28.9. The van der Waals surface area contributed by atoms with E-state index in [9.17, 15) is 0 Å². The highest BCUT2D eigenvalue weighted by Gasteiger charge is 2.04. The predicted molar refractivity (Wildman–Crippen MR) is 35.5 cm³/mol. The molecule has 1 aliphatic heterocycles. The van der Waals surface area contributed by atoms with E-state index in [1.54, 1.807) is 0 Å². The van der Waals surface area contributed by atoms with E-state index in [1.807, 2.05) is 0 Å². The molecule has 1 fully saturated rings. The number of ether oxygens (including phenoxy) is 1. The zero-order valence-electron chi connectivity index (χ0n) is 5.02. The first kappa shape index (κ1) is 8.21. The van der Waals surface area contributed by atoms with E-state index in [-0.39, 0.29) is 12.4 Å². The Morgan fingerprint density at radius 1 is 1.62 bits per heavy atom. The van der Waals surface area contributed by atoms with Crippen molar-refractivity contribution in [1.29, 1.82) is 0 Å². The summed E-state index contributed by atoms with van der Waals surface area (Å²) in [5.41, 5.74) is 0. The van der Waals surface area contributed by atoms with Crippen molar-refractivity contribution in [2.45, 2.75) is 13.0 Å². The maximum atomic E-state index is 5.22. The lowest BCUT2D eigenvalue weighted by molar-refractivity contribution is 0.0410. The van der Waals surface area contributed by atoms with Crippen LogP contribution < -0.4 is 5.32 Å². The summed E-state index contributed by atoms with van der Waals surface area (Å²) in [5, 5.41) is 3.21. The van der Waals surface area contributed by atoms with Gasteiger partial charge in [-0.25, -0.2) is 0 Å². The minimum atomic E-state index is 0. The average Bonchev–Trinajstić information content (AvgIpc) is 1.69. The van der Waals surface area contributed by atoms with Crippen LogP contribution in [-0.4, -0.2) is 25.8 Å². The molecule has 0 unspecified atom stereocenters. The lowest BCUT2D eigenvalue weighted by atomic mass is 10.3. The molecular weight excluding hydrogens is 126 g/mol. The monoisotopic (exact) mass is 137 g/mol. The number of morpholine rings is 1. The third-order valence-corrected chi connectivity index (χ3v) is 1.11. The summed E-state index contributed by atoms with van der Waals surface area (Å²) >= 11 is 0. The van der Waals surface area contributed by atoms with Gasteiger partial charge >= 0.3 is 0 Å². The van der Waals surface area contributed by atoms with Crippen LogP contribution >= 0.6 is 12.4 Å². The van der Waals surface area contributed by atoms with Crippen LogP contribution in [0.15, 0.2) is 0 Å². The molecule has 0 amide bonds. The molecule has 1 aliphatic rings. The zero-order chi connectivity index (χ0) is 5.11. The highest BCUT2D eigenvalue weighted by Crippen LogP contribution is 1.91. The van der Waals surface area contributed by atoms with Crippen LogP contribution in [0.5, 0.6) is 0 Å². The minimum Gasteiger partial charge on any atom is -0.376 e. The first-order valence-electron chi connectivity index (χ1n) is 2.72. The predicted octanol–water partition coefficient (Wildman–Crippen LogP) is 0.416. The fourth-order valence-corrected chi connectivity index (χ4v) is 0.697. The smallest absolute Gasteiger partial charge is 0.0672 e. The van der Waals surface area contributed by atoms with E-state index in [1.165, 1.54) is 0 Å². The van der Waals surface area contributed by atoms with Crippen molar-refractivity contribution in [2.75, 3.05) is 19.7 Å². The van der Waals surface area contributed by atoms with Crippen molar-refractivity contribution in [3.05, 3.63) is 0 Å². The van der Waals surface area contributed by atoms with Gasteiger partial charge in [0.05, 0.1) is 12.7 Å². The molecule has 0 radical (unpaired) electrons. The molecule has 1 N–H and O–H groups in total. The Balaban J connectivity index is 0.000000490. The molecule has 0 aromatic carbocycles. The summed E-state index contributed by atoms with van der Waals surface area (Å²) in [5.74, 6) is 0. The van der Waals surface area contributed by atoms with Crippen molar-refractivity contribution in [1.82, 2.24) is 5.32 Å². The molecule has 0 bridgehead atoms. The first-order chi connectivity index (χ1) is 3.39. The summed E-state index contributed by atoms with van der Waals surface area (Å²) in [4.78, 5) is 0. The third-order valence-electron chi connectivity index (χ3n) is 1.11. The van der Waals surface area contributed by atoms with Gasteiger partial charge in [0.25, 0.3) is 0 Å². The van der Waals surface area contributed by atoms with Crippen LogP contribution in [0, 0.1) is 0 Å². The van der Waals surface area contributed by atoms with Gasteiger partial charge in [-0.15, -0.1) is 12.4 Å². The van der Waals surface area contributed by atoms with Gasteiger partial charge in [0.2, 0.25) is 0 Å². The summed E-state index contributed by atoms with van der Waals surface area (Å²) in [6.45, 7) is 4.98. The van der Waals surface area contributed by atoms with Crippen molar-refractivity contribution in [3.63, 3.8) is 0 Å². The van der Waals surface area contributed by atoms with Gasteiger partial charge < -0.3 is 10.1 Å². The molecule has 3 heteroatoms. The standard InChI is InChI=1S/C5H11NO.ClH/c1-5-4-6-2-3-7-5;/h5-6H,2-4H2,1H3;1H/t5-;/m0./s1. The number of halogens is 1. The molecule has 2 nitrogen and oxygen atoms in total. The fourth-order valence-electron chi connectivity index (χ4n) is 0.697. The Morgan fingerprint density at radius 2 is 2.38 bits per heavy atom. The molecule has 1 heterocycles. The van der Waals surface area contributed by atoms with E-state index in [4.69, 9.17) is 4.74 Å². The van der Waals surface area contributed by atoms with E-state index >= 15 is 0 Å². The molecule has 0 aliphatic carbocycles. The van der Waals surface area contributed by atoms with E-state index in [2.05, 4.69) is 12.2 Å². The molecule has 50 valence electrons. The van der Waals surface area contributed by atoms with Crippen molar-refractivity contribution >= 4 is 12.4 Å². The van der Waals surface area contributed by atoms with E-state index in [0.29, 0.717) is 6.10 Å². The van der Waals surface area contributed by atoms with Gasteiger partial charge in [0.15, 0.2) is 0 Å². The topological polar surface area (TPSA) is 21.3 Å². The molecule has 1 atom stereocenters. The molecule has 0 spiro atoms. The summed E-state index contributed by atoms with van der Waals surface area (Å²) in [6, 6.07) is 0. The van der Waals surface area contributed by atoms with E-state index in [0.717, 1.165) is 19.7 Å². The largest absolute Gasteiger partial charge is 0.376 e. The van der Waals surface area contributed by atoms with Crippen LogP contribution in [0.2, 0.25) is 0 Å². The van der Waals surface area contributed by atoms with Gasteiger partial charge in [0.1, 0.15) is 0 Å². The average molecular weight is 138 g/mol. The zero-order valence-corrected chi connectivity index (χ0v) is 5.83. The Kier molecular flexibility index (Phi) is 4.23. The van der Waals surface area contributed by atoms with E-state index < -0.39 is 0 Å². The second-order valence-electron chi connectivity index (χ2n) is 1.89.